The molecule has 0 aliphatic heterocycles. The van der Waals surface area contributed by atoms with Crippen LogP contribution in [-0.2, 0) is 6.54 Å². The molecule has 1 amide bonds. The van der Waals surface area contributed by atoms with Gasteiger partial charge in [-0.05, 0) is 19.9 Å². The summed E-state index contributed by atoms with van der Waals surface area (Å²) >= 11 is 1.57. The van der Waals surface area contributed by atoms with Crippen LogP contribution in [0.2, 0.25) is 0 Å². The predicted molar refractivity (Wildman–Crippen MR) is 71.4 cm³/mol. The number of nitrogens with two attached hydrogens (primary N) is 1. The zero-order valence-corrected chi connectivity index (χ0v) is 11.0. The highest BCUT2D eigenvalue weighted by molar-refractivity contribution is 7.11. The van der Waals surface area contributed by atoms with Crippen LogP contribution in [0.25, 0.3) is 0 Å². The van der Waals surface area contributed by atoms with Crippen molar-refractivity contribution in [2.24, 2.45) is 0 Å². The van der Waals surface area contributed by atoms with Crippen LogP contribution in [0, 0.1) is 13.8 Å². The Morgan fingerprint density at radius 1 is 1.39 bits per heavy atom. The number of anilines is 1. The van der Waals surface area contributed by atoms with Gasteiger partial charge >= 0.3 is 0 Å². The molecule has 5 nitrogen and oxygen atoms in total. The molecular formula is C12H14N4OS. The topological polar surface area (TPSA) is 80.9 Å². The molecule has 18 heavy (non-hydrogen) atoms. The van der Waals surface area contributed by atoms with Crippen molar-refractivity contribution in [3.05, 3.63) is 39.6 Å². The van der Waals surface area contributed by atoms with E-state index in [0.717, 1.165) is 9.88 Å². The summed E-state index contributed by atoms with van der Waals surface area (Å²) in [7, 11) is 0. The third-order valence-electron chi connectivity index (χ3n) is 2.42. The first kappa shape index (κ1) is 12.5. The number of thiazole rings is 1. The largest absolute Gasteiger partial charge is 0.397 e. The summed E-state index contributed by atoms with van der Waals surface area (Å²) in [4.78, 5) is 21.3. The van der Waals surface area contributed by atoms with Gasteiger partial charge in [0, 0.05) is 11.1 Å². The lowest BCUT2D eigenvalue weighted by atomic mass is 10.2. The molecule has 0 aliphatic rings. The fraction of sp³-hybridized carbons (Fsp3) is 0.250. The second-order valence-electron chi connectivity index (χ2n) is 3.95. The Morgan fingerprint density at radius 2 is 2.17 bits per heavy atom. The molecule has 3 N–H and O–H groups in total. The fourth-order valence-electron chi connectivity index (χ4n) is 1.51. The summed E-state index contributed by atoms with van der Waals surface area (Å²) < 4.78 is 0. The van der Waals surface area contributed by atoms with Crippen molar-refractivity contribution in [1.29, 1.82) is 0 Å². The van der Waals surface area contributed by atoms with E-state index in [2.05, 4.69) is 15.3 Å². The molecule has 0 aromatic carbocycles. The van der Waals surface area contributed by atoms with Crippen LogP contribution in [-0.4, -0.2) is 15.9 Å². The van der Waals surface area contributed by atoms with Crippen molar-refractivity contribution in [3.8, 4) is 0 Å². The lowest BCUT2D eigenvalue weighted by Gasteiger charge is -2.06. The number of hydrogen-bond donors (Lipinski definition) is 2. The van der Waals surface area contributed by atoms with E-state index < -0.39 is 0 Å². The van der Waals surface area contributed by atoms with E-state index in [9.17, 15) is 4.79 Å². The van der Waals surface area contributed by atoms with Crippen LogP contribution >= 0.6 is 11.3 Å². The van der Waals surface area contributed by atoms with Gasteiger partial charge in [-0.1, -0.05) is 0 Å². The van der Waals surface area contributed by atoms with E-state index in [1.54, 1.807) is 30.5 Å². The van der Waals surface area contributed by atoms with Gasteiger partial charge in [0.2, 0.25) is 0 Å². The van der Waals surface area contributed by atoms with E-state index in [-0.39, 0.29) is 5.91 Å². The molecule has 0 bridgehead atoms. The van der Waals surface area contributed by atoms with Gasteiger partial charge in [-0.3, -0.25) is 9.78 Å². The molecule has 0 aliphatic carbocycles. The minimum atomic E-state index is -0.180. The van der Waals surface area contributed by atoms with Crippen LogP contribution in [0.4, 0.5) is 5.69 Å². The Kier molecular flexibility index (Phi) is 3.57. The smallest absolute Gasteiger partial charge is 0.253 e. The first-order valence-electron chi connectivity index (χ1n) is 5.48. The summed E-state index contributed by atoms with van der Waals surface area (Å²) in [6, 6.07) is 1.63. The molecule has 2 rings (SSSR count). The molecule has 0 unspecified atom stereocenters. The number of nitrogens with one attached hydrogen (secondary N) is 1. The highest BCUT2D eigenvalue weighted by Crippen LogP contribution is 2.12. The number of carbonyl (C=O) groups is 1. The van der Waals surface area contributed by atoms with Crippen LogP contribution in [0.5, 0.6) is 0 Å². The van der Waals surface area contributed by atoms with Crippen molar-refractivity contribution >= 4 is 22.9 Å². The van der Waals surface area contributed by atoms with Gasteiger partial charge < -0.3 is 11.1 Å². The van der Waals surface area contributed by atoms with E-state index in [4.69, 9.17) is 5.73 Å². The number of amides is 1. The van der Waals surface area contributed by atoms with Gasteiger partial charge in [0.15, 0.2) is 0 Å². The predicted octanol–water partition coefficient (Wildman–Crippen LogP) is 1.67. The molecule has 6 heteroatoms. The normalized spacial score (nSPS) is 10.3. The number of carbonyl (C=O) groups excluding carboxylic acids is 1. The highest BCUT2D eigenvalue weighted by atomic mass is 32.1. The van der Waals surface area contributed by atoms with E-state index in [1.807, 2.05) is 6.92 Å². The van der Waals surface area contributed by atoms with E-state index in [0.29, 0.717) is 23.5 Å². The maximum Gasteiger partial charge on any atom is 0.253 e. The van der Waals surface area contributed by atoms with Crippen molar-refractivity contribution in [1.82, 2.24) is 15.3 Å². The Labute approximate surface area is 109 Å². The first-order chi connectivity index (χ1) is 8.56. The Hall–Kier alpha value is -1.95. The second-order valence-corrected chi connectivity index (χ2v) is 5.27. The standard InChI is InChI=1S/C12H14N4OS/c1-7-4-15-11(18-7)6-16-12(17)10-3-9(13)5-14-8(10)2/h3-5H,6,13H2,1-2H3,(H,16,17). The minimum Gasteiger partial charge on any atom is -0.397 e. The van der Waals surface area contributed by atoms with E-state index >= 15 is 0 Å². The maximum atomic E-state index is 12.0. The summed E-state index contributed by atoms with van der Waals surface area (Å²) in [5, 5.41) is 3.69. The number of pyridine rings is 1. The second kappa shape index (κ2) is 5.14. The van der Waals surface area contributed by atoms with Gasteiger partial charge in [-0.15, -0.1) is 11.3 Å². The fourth-order valence-corrected chi connectivity index (χ4v) is 2.24. The molecule has 0 saturated heterocycles. The summed E-state index contributed by atoms with van der Waals surface area (Å²) in [6.07, 6.45) is 3.33. The molecule has 2 aromatic heterocycles. The third kappa shape index (κ3) is 2.84. The molecule has 0 saturated carbocycles. The highest BCUT2D eigenvalue weighted by Gasteiger charge is 2.10. The monoisotopic (exact) mass is 262 g/mol. The Morgan fingerprint density at radius 3 is 2.83 bits per heavy atom. The van der Waals surface area contributed by atoms with Gasteiger partial charge in [0.1, 0.15) is 5.01 Å². The molecule has 2 aromatic rings. The summed E-state index contributed by atoms with van der Waals surface area (Å²) in [5.41, 5.74) is 7.27. The lowest BCUT2D eigenvalue weighted by molar-refractivity contribution is 0.0950. The first-order valence-corrected chi connectivity index (χ1v) is 6.29. The number of rotatable bonds is 3. The molecule has 2 heterocycles. The quantitative estimate of drug-likeness (QED) is 0.881. The molecule has 0 radical (unpaired) electrons. The van der Waals surface area contributed by atoms with Gasteiger partial charge in [0.05, 0.1) is 29.7 Å². The van der Waals surface area contributed by atoms with Crippen molar-refractivity contribution in [3.63, 3.8) is 0 Å². The molecule has 94 valence electrons. The van der Waals surface area contributed by atoms with Gasteiger partial charge in [-0.25, -0.2) is 4.98 Å². The van der Waals surface area contributed by atoms with Crippen LogP contribution in [0.3, 0.4) is 0 Å². The van der Waals surface area contributed by atoms with Crippen LogP contribution in [0.1, 0.15) is 25.9 Å². The van der Waals surface area contributed by atoms with Crippen LogP contribution in [0.15, 0.2) is 18.5 Å². The SMILES string of the molecule is Cc1cnc(CNC(=O)c2cc(N)cnc2C)s1. The van der Waals surface area contributed by atoms with Gasteiger partial charge in [-0.2, -0.15) is 0 Å². The van der Waals surface area contributed by atoms with E-state index in [1.165, 1.54) is 6.20 Å². The number of hydrogen-bond acceptors (Lipinski definition) is 5. The Balaban J connectivity index is 2.05. The third-order valence-corrected chi connectivity index (χ3v) is 3.33. The van der Waals surface area contributed by atoms with Crippen molar-refractivity contribution in [2.75, 3.05) is 5.73 Å². The average Bonchev–Trinajstić information content (AvgIpc) is 2.75. The number of aryl methyl sites for hydroxylation is 2. The zero-order chi connectivity index (χ0) is 13.1. The Bertz CT molecular complexity index is 579. The maximum absolute atomic E-state index is 12.0. The van der Waals surface area contributed by atoms with Crippen LogP contribution < -0.4 is 11.1 Å². The molecular weight excluding hydrogens is 248 g/mol. The average molecular weight is 262 g/mol. The number of nitrogens with zero attached hydrogens (tertiary/aromatic N) is 2. The zero-order valence-electron chi connectivity index (χ0n) is 10.2. The summed E-state index contributed by atoms with van der Waals surface area (Å²) in [6.45, 7) is 4.18. The summed E-state index contributed by atoms with van der Waals surface area (Å²) in [5.74, 6) is -0.180. The molecule has 0 fully saturated rings. The number of nitrogen functional groups attached to an aromatic ring is 1. The molecule has 0 spiro atoms. The van der Waals surface area contributed by atoms with Gasteiger partial charge in [0.25, 0.3) is 5.91 Å². The molecule has 0 atom stereocenters. The number of aromatic nitrogens is 2. The lowest BCUT2D eigenvalue weighted by Crippen LogP contribution is -2.24. The minimum absolute atomic E-state index is 0.180. The van der Waals surface area contributed by atoms with Crippen molar-refractivity contribution < 1.29 is 4.79 Å². The van der Waals surface area contributed by atoms with Crippen molar-refractivity contribution in [2.45, 2.75) is 20.4 Å².